The number of nitriles is 1. The molecule has 0 aliphatic carbocycles. The fourth-order valence-corrected chi connectivity index (χ4v) is 1.94. The van der Waals surface area contributed by atoms with Crippen LogP contribution in [0.3, 0.4) is 0 Å². The second-order valence-electron chi connectivity index (χ2n) is 4.41. The molecule has 2 rings (SSSR count). The Kier molecular flexibility index (Phi) is 4.59. The summed E-state index contributed by atoms with van der Waals surface area (Å²) in [5, 5.41) is 21.4. The van der Waals surface area contributed by atoms with E-state index in [4.69, 9.17) is 10.00 Å². The summed E-state index contributed by atoms with van der Waals surface area (Å²) in [7, 11) is 1.62. The molecule has 0 fully saturated rings. The molecule has 0 bridgehead atoms. The maximum absolute atomic E-state index is 9.22. The van der Waals surface area contributed by atoms with Crippen LogP contribution in [0.25, 0.3) is 0 Å². The molecule has 4 nitrogen and oxygen atoms in total. The number of rotatable bonds is 5. The van der Waals surface area contributed by atoms with Gasteiger partial charge in [0.25, 0.3) is 0 Å². The van der Waals surface area contributed by atoms with Gasteiger partial charge in [0, 0.05) is 18.7 Å². The quantitative estimate of drug-likeness (QED) is 0.874. The summed E-state index contributed by atoms with van der Waals surface area (Å²) in [6, 6.07) is 14.5. The van der Waals surface area contributed by atoms with E-state index in [-0.39, 0.29) is 5.75 Å². The summed E-state index contributed by atoms with van der Waals surface area (Å²) in [5.74, 6) is 1.03. The smallest absolute Gasteiger partial charge is 0.123 e. The molecule has 0 amide bonds. The van der Waals surface area contributed by atoms with Crippen LogP contribution in [-0.4, -0.2) is 12.2 Å². The van der Waals surface area contributed by atoms with Gasteiger partial charge in [-0.2, -0.15) is 5.26 Å². The first-order valence-electron chi connectivity index (χ1n) is 6.28. The van der Waals surface area contributed by atoms with E-state index in [1.807, 2.05) is 18.2 Å². The van der Waals surface area contributed by atoms with Crippen LogP contribution in [-0.2, 0) is 13.1 Å². The number of aromatic hydroxyl groups is 1. The third kappa shape index (κ3) is 3.50. The van der Waals surface area contributed by atoms with Crippen molar-refractivity contribution < 1.29 is 9.84 Å². The maximum atomic E-state index is 9.22. The highest BCUT2D eigenvalue weighted by Crippen LogP contribution is 2.19. The Morgan fingerprint density at radius 2 is 1.90 bits per heavy atom. The van der Waals surface area contributed by atoms with Gasteiger partial charge in [0.05, 0.1) is 18.7 Å². The van der Waals surface area contributed by atoms with Gasteiger partial charge in [-0.15, -0.1) is 0 Å². The van der Waals surface area contributed by atoms with Crippen LogP contribution in [0, 0.1) is 11.3 Å². The molecule has 0 radical (unpaired) electrons. The number of phenols is 1. The molecule has 0 spiro atoms. The van der Waals surface area contributed by atoms with Crippen molar-refractivity contribution >= 4 is 0 Å². The first kappa shape index (κ1) is 13.9. The summed E-state index contributed by atoms with van der Waals surface area (Å²) >= 11 is 0. The van der Waals surface area contributed by atoms with Crippen molar-refractivity contribution in [1.29, 1.82) is 5.26 Å². The maximum Gasteiger partial charge on any atom is 0.123 e. The molecular formula is C16H16N2O2. The molecule has 102 valence electrons. The minimum atomic E-state index is 0.261. The van der Waals surface area contributed by atoms with Crippen LogP contribution in [0.4, 0.5) is 0 Å². The lowest BCUT2D eigenvalue weighted by Gasteiger charge is -2.10. The van der Waals surface area contributed by atoms with E-state index < -0.39 is 0 Å². The molecular weight excluding hydrogens is 252 g/mol. The Hall–Kier alpha value is -2.51. The van der Waals surface area contributed by atoms with Crippen LogP contribution < -0.4 is 10.1 Å². The van der Waals surface area contributed by atoms with Crippen LogP contribution in [0.15, 0.2) is 42.5 Å². The molecule has 2 aromatic carbocycles. The van der Waals surface area contributed by atoms with Crippen molar-refractivity contribution in [2.45, 2.75) is 13.1 Å². The number of nitrogens with one attached hydrogen (secondary N) is 1. The van der Waals surface area contributed by atoms with Gasteiger partial charge in [0.2, 0.25) is 0 Å². The molecule has 0 saturated heterocycles. The number of methoxy groups -OCH3 is 1. The van der Waals surface area contributed by atoms with E-state index in [0.717, 1.165) is 16.9 Å². The highest BCUT2D eigenvalue weighted by molar-refractivity contribution is 5.42. The summed E-state index contributed by atoms with van der Waals surface area (Å²) in [5.41, 5.74) is 2.65. The second kappa shape index (κ2) is 6.60. The Bertz CT molecular complexity index is 615. The van der Waals surface area contributed by atoms with Gasteiger partial charge in [-0.1, -0.05) is 12.1 Å². The minimum Gasteiger partial charge on any atom is -0.508 e. The molecule has 0 saturated carbocycles. The van der Waals surface area contributed by atoms with Crippen molar-refractivity contribution in [2.24, 2.45) is 0 Å². The van der Waals surface area contributed by atoms with E-state index in [1.54, 1.807) is 31.4 Å². The van der Waals surface area contributed by atoms with Crippen LogP contribution in [0.2, 0.25) is 0 Å². The Morgan fingerprint density at radius 1 is 1.15 bits per heavy atom. The molecule has 0 aromatic heterocycles. The van der Waals surface area contributed by atoms with Gasteiger partial charge < -0.3 is 15.2 Å². The zero-order valence-electron chi connectivity index (χ0n) is 11.3. The third-order valence-electron chi connectivity index (χ3n) is 2.99. The highest BCUT2D eigenvalue weighted by atomic mass is 16.5. The molecule has 2 N–H and O–H groups in total. The van der Waals surface area contributed by atoms with Crippen molar-refractivity contribution in [1.82, 2.24) is 5.32 Å². The zero-order chi connectivity index (χ0) is 14.4. The average Bonchev–Trinajstić information content (AvgIpc) is 2.49. The SMILES string of the molecule is COc1ccc(C#N)cc1CNCc1ccc(O)cc1. The van der Waals surface area contributed by atoms with Crippen molar-refractivity contribution in [3.63, 3.8) is 0 Å². The van der Waals surface area contributed by atoms with E-state index in [1.165, 1.54) is 0 Å². The molecule has 4 heteroatoms. The molecule has 0 aliphatic heterocycles. The number of hydrogen-bond acceptors (Lipinski definition) is 4. The Balaban J connectivity index is 2.00. The largest absolute Gasteiger partial charge is 0.508 e. The third-order valence-corrected chi connectivity index (χ3v) is 2.99. The molecule has 2 aromatic rings. The van der Waals surface area contributed by atoms with E-state index >= 15 is 0 Å². The first-order chi connectivity index (χ1) is 9.72. The van der Waals surface area contributed by atoms with Gasteiger partial charge in [-0.05, 0) is 35.9 Å². The number of ether oxygens (including phenoxy) is 1. The monoisotopic (exact) mass is 268 g/mol. The summed E-state index contributed by atoms with van der Waals surface area (Å²) in [6.07, 6.45) is 0. The van der Waals surface area contributed by atoms with Crippen molar-refractivity contribution in [2.75, 3.05) is 7.11 Å². The van der Waals surface area contributed by atoms with Crippen molar-refractivity contribution in [3.05, 3.63) is 59.2 Å². The summed E-state index contributed by atoms with van der Waals surface area (Å²) in [6.45, 7) is 1.29. The standard InChI is InChI=1S/C16H16N2O2/c1-20-16-7-4-13(9-17)8-14(16)11-18-10-12-2-5-15(19)6-3-12/h2-8,18-19H,10-11H2,1H3. The number of nitrogens with zero attached hydrogens (tertiary/aromatic N) is 1. The zero-order valence-corrected chi connectivity index (χ0v) is 11.3. The molecule has 0 atom stereocenters. The van der Waals surface area contributed by atoms with Crippen LogP contribution in [0.1, 0.15) is 16.7 Å². The Labute approximate surface area is 118 Å². The number of hydrogen-bond donors (Lipinski definition) is 2. The molecule has 0 heterocycles. The van der Waals surface area contributed by atoms with Gasteiger partial charge in [0.1, 0.15) is 11.5 Å². The summed E-state index contributed by atoms with van der Waals surface area (Å²) in [4.78, 5) is 0. The fourth-order valence-electron chi connectivity index (χ4n) is 1.94. The van der Waals surface area contributed by atoms with E-state index in [9.17, 15) is 5.11 Å². The fraction of sp³-hybridized carbons (Fsp3) is 0.188. The number of phenolic OH excluding ortho intramolecular Hbond substituents is 1. The average molecular weight is 268 g/mol. The first-order valence-corrected chi connectivity index (χ1v) is 6.28. The lowest BCUT2D eigenvalue weighted by atomic mass is 10.1. The molecule has 0 unspecified atom stereocenters. The number of benzene rings is 2. The van der Waals surface area contributed by atoms with E-state index in [0.29, 0.717) is 18.7 Å². The van der Waals surface area contributed by atoms with Gasteiger partial charge in [0.15, 0.2) is 0 Å². The second-order valence-corrected chi connectivity index (χ2v) is 4.41. The normalized spacial score (nSPS) is 10.0. The summed E-state index contributed by atoms with van der Waals surface area (Å²) < 4.78 is 5.28. The van der Waals surface area contributed by atoms with Crippen LogP contribution >= 0.6 is 0 Å². The predicted octanol–water partition coefficient (Wildman–Crippen LogP) is 2.56. The van der Waals surface area contributed by atoms with Gasteiger partial charge >= 0.3 is 0 Å². The highest BCUT2D eigenvalue weighted by Gasteiger charge is 2.04. The lowest BCUT2D eigenvalue weighted by molar-refractivity contribution is 0.407. The predicted molar refractivity (Wildman–Crippen MR) is 76.4 cm³/mol. The van der Waals surface area contributed by atoms with E-state index in [2.05, 4.69) is 11.4 Å². The van der Waals surface area contributed by atoms with Gasteiger partial charge in [-0.25, -0.2) is 0 Å². The topological polar surface area (TPSA) is 65.3 Å². The van der Waals surface area contributed by atoms with Gasteiger partial charge in [-0.3, -0.25) is 0 Å². The van der Waals surface area contributed by atoms with Crippen molar-refractivity contribution in [3.8, 4) is 17.6 Å². The minimum absolute atomic E-state index is 0.261. The van der Waals surface area contributed by atoms with Crippen LogP contribution in [0.5, 0.6) is 11.5 Å². The molecule has 20 heavy (non-hydrogen) atoms. The molecule has 0 aliphatic rings. The Morgan fingerprint density at radius 3 is 2.55 bits per heavy atom. The lowest BCUT2D eigenvalue weighted by Crippen LogP contribution is -2.13.